The summed E-state index contributed by atoms with van der Waals surface area (Å²) in [5.41, 5.74) is 0.427. The number of hydrogen-bond acceptors (Lipinski definition) is 3. The Balaban J connectivity index is 2.69. The maximum absolute atomic E-state index is 13.0. The van der Waals surface area contributed by atoms with E-state index in [-0.39, 0.29) is 0 Å². The first-order valence-electron chi connectivity index (χ1n) is 5.37. The van der Waals surface area contributed by atoms with Gasteiger partial charge in [-0.3, -0.25) is 10.1 Å². The molecule has 94 valence electrons. The Morgan fingerprint density at radius 1 is 1.53 bits per heavy atom. The second kappa shape index (κ2) is 6.32. The number of halogens is 1. The van der Waals surface area contributed by atoms with Gasteiger partial charge in [0.05, 0.1) is 0 Å². The smallest absolute Gasteiger partial charge is 0.325 e. The van der Waals surface area contributed by atoms with E-state index in [0.29, 0.717) is 12.1 Å². The summed E-state index contributed by atoms with van der Waals surface area (Å²) in [6, 6.07) is 4.77. The van der Waals surface area contributed by atoms with Crippen LogP contribution in [0.1, 0.15) is 11.6 Å². The molecule has 1 rings (SSSR count). The van der Waals surface area contributed by atoms with Gasteiger partial charge in [-0.1, -0.05) is 12.1 Å². The second-order valence-electron chi connectivity index (χ2n) is 4.08. The van der Waals surface area contributed by atoms with Crippen molar-refractivity contribution in [3.8, 4) is 0 Å². The molecule has 1 unspecified atom stereocenters. The molecule has 0 heterocycles. The predicted octanol–water partition coefficient (Wildman–Crippen LogP) is 1.10. The summed E-state index contributed by atoms with van der Waals surface area (Å²) in [5.74, 6) is -1.43. The van der Waals surface area contributed by atoms with Crippen molar-refractivity contribution in [1.29, 1.82) is 0 Å². The summed E-state index contributed by atoms with van der Waals surface area (Å²) < 4.78 is 13.0. The van der Waals surface area contributed by atoms with Crippen LogP contribution in [-0.4, -0.2) is 43.2 Å². The van der Waals surface area contributed by atoms with Crippen LogP contribution in [0, 0.1) is 5.82 Å². The number of aliphatic carboxylic acids is 1. The lowest BCUT2D eigenvalue weighted by Gasteiger charge is -2.16. The lowest BCUT2D eigenvalue weighted by molar-refractivity contribution is -0.139. The third-order valence-electron chi connectivity index (χ3n) is 2.34. The van der Waals surface area contributed by atoms with Crippen molar-refractivity contribution < 1.29 is 14.3 Å². The van der Waals surface area contributed by atoms with Crippen LogP contribution in [0.2, 0.25) is 0 Å². The zero-order valence-electron chi connectivity index (χ0n) is 9.98. The number of hydrogen-bond donors (Lipinski definition) is 2. The first kappa shape index (κ1) is 13.6. The molecular weight excluding hydrogens is 223 g/mol. The Kier molecular flexibility index (Phi) is 5.06. The second-order valence-corrected chi connectivity index (χ2v) is 4.08. The van der Waals surface area contributed by atoms with Gasteiger partial charge in [-0.05, 0) is 31.8 Å². The van der Waals surface area contributed by atoms with Crippen LogP contribution < -0.4 is 5.32 Å². The quantitative estimate of drug-likeness (QED) is 0.782. The van der Waals surface area contributed by atoms with Gasteiger partial charge in [0.1, 0.15) is 11.9 Å². The fraction of sp³-hybridized carbons (Fsp3) is 0.417. The minimum Gasteiger partial charge on any atom is -0.480 e. The molecule has 5 heteroatoms. The van der Waals surface area contributed by atoms with E-state index in [1.165, 1.54) is 18.2 Å². The number of carboxylic acid groups (broad SMARTS) is 1. The van der Waals surface area contributed by atoms with Gasteiger partial charge in [-0.2, -0.15) is 0 Å². The topological polar surface area (TPSA) is 52.6 Å². The average molecular weight is 240 g/mol. The zero-order chi connectivity index (χ0) is 12.8. The third-order valence-corrected chi connectivity index (χ3v) is 2.34. The molecule has 1 atom stereocenters. The molecule has 17 heavy (non-hydrogen) atoms. The van der Waals surface area contributed by atoms with Gasteiger partial charge in [0.25, 0.3) is 0 Å². The summed E-state index contributed by atoms with van der Waals surface area (Å²) in [6.45, 7) is 1.25. The van der Waals surface area contributed by atoms with E-state index in [1.807, 2.05) is 19.0 Å². The van der Waals surface area contributed by atoms with Crippen LogP contribution in [0.15, 0.2) is 24.3 Å². The van der Waals surface area contributed by atoms with Gasteiger partial charge in [-0.25, -0.2) is 4.39 Å². The predicted molar refractivity (Wildman–Crippen MR) is 63.3 cm³/mol. The Bertz CT molecular complexity index is 383. The highest BCUT2D eigenvalue weighted by Gasteiger charge is 2.19. The summed E-state index contributed by atoms with van der Waals surface area (Å²) in [6.07, 6.45) is 0. The highest BCUT2D eigenvalue weighted by atomic mass is 19.1. The zero-order valence-corrected chi connectivity index (χ0v) is 9.98. The number of nitrogens with zero attached hydrogens (tertiary/aromatic N) is 1. The first-order valence-corrected chi connectivity index (χ1v) is 5.37. The Labute approximate surface area is 100 Å². The molecule has 0 bridgehead atoms. The lowest BCUT2D eigenvalue weighted by atomic mass is 10.1. The third kappa shape index (κ3) is 4.50. The maximum Gasteiger partial charge on any atom is 0.325 e. The molecule has 0 radical (unpaired) electrons. The number of carbonyl (C=O) groups is 1. The maximum atomic E-state index is 13.0. The Morgan fingerprint density at radius 2 is 2.24 bits per heavy atom. The molecule has 0 aromatic heterocycles. The van der Waals surface area contributed by atoms with Gasteiger partial charge < -0.3 is 10.0 Å². The van der Waals surface area contributed by atoms with Crippen molar-refractivity contribution in [3.63, 3.8) is 0 Å². The van der Waals surface area contributed by atoms with Crippen molar-refractivity contribution in [2.45, 2.75) is 6.04 Å². The molecule has 1 aromatic carbocycles. The van der Waals surface area contributed by atoms with Crippen LogP contribution in [0.5, 0.6) is 0 Å². The van der Waals surface area contributed by atoms with Crippen molar-refractivity contribution in [1.82, 2.24) is 10.2 Å². The average Bonchev–Trinajstić information content (AvgIpc) is 2.23. The van der Waals surface area contributed by atoms with Gasteiger partial charge in [-0.15, -0.1) is 0 Å². The molecule has 1 aromatic rings. The highest BCUT2D eigenvalue weighted by molar-refractivity contribution is 5.75. The van der Waals surface area contributed by atoms with Crippen LogP contribution in [0.3, 0.4) is 0 Å². The summed E-state index contributed by atoms with van der Waals surface area (Å²) >= 11 is 0. The molecule has 0 spiro atoms. The van der Waals surface area contributed by atoms with E-state index in [2.05, 4.69) is 5.32 Å². The number of benzene rings is 1. The van der Waals surface area contributed by atoms with E-state index >= 15 is 0 Å². The normalized spacial score (nSPS) is 12.7. The largest absolute Gasteiger partial charge is 0.480 e. The molecule has 4 nitrogen and oxygen atoms in total. The Hall–Kier alpha value is -1.46. The van der Waals surface area contributed by atoms with Crippen LogP contribution >= 0.6 is 0 Å². The standard InChI is InChI=1S/C12H17FN2O2/c1-15(2)7-6-14-11(12(16)17)9-4-3-5-10(13)8-9/h3-5,8,11,14H,6-7H2,1-2H3,(H,16,17). The molecule has 0 saturated carbocycles. The summed E-state index contributed by atoms with van der Waals surface area (Å²) in [4.78, 5) is 13.0. The molecule has 2 N–H and O–H groups in total. The van der Waals surface area contributed by atoms with Crippen LogP contribution in [0.4, 0.5) is 4.39 Å². The minimum atomic E-state index is -1.01. The van der Waals surface area contributed by atoms with E-state index in [1.54, 1.807) is 6.07 Å². The number of likely N-dealkylation sites (N-methyl/N-ethyl adjacent to an activating group) is 1. The van der Waals surface area contributed by atoms with Gasteiger partial charge in [0.15, 0.2) is 0 Å². The summed E-state index contributed by atoms with van der Waals surface area (Å²) in [5, 5.41) is 12.0. The molecule has 0 amide bonds. The number of carboxylic acids is 1. The molecule has 0 saturated heterocycles. The van der Waals surface area contributed by atoms with E-state index in [4.69, 9.17) is 5.11 Å². The highest BCUT2D eigenvalue weighted by Crippen LogP contribution is 2.14. The van der Waals surface area contributed by atoms with Crippen LogP contribution in [-0.2, 0) is 4.79 Å². The van der Waals surface area contributed by atoms with Crippen molar-refractivity contribution >= 4 is 5.97 Å². The molecule has 0 aliphatic heterocycles. The number of rotatable bonds is 6. The van der Waals surface area contributed by atoms with Crippen molar-refractivity contribution in [2.24, 2.45) is 0 Å². The van der Waals surface area contributed by atoms with E-state index in [9.17, 15) is 9.18 Å². The molecule has 0 aliphatic rings. The van der Waals surface area contributed by atoms with E-state index in [0.717, 1.165) is 6.54 Å². The first-order chi connectivity index (χ1) is 8.00. The minimum absolute atomic E-state index is 0.427. The Morgan fingerprint density at radius 3 is 2.76 bits per heavy atom. The monoisotopic (exact) mass is 240 g/mol. The van der Waals surface area contributed by atoms with Crippen LogP contribution in [0.25, 0.3) is 0 Å². The molecule has 0 fully saturated rings. The van der Waals surface area contributed by atoms with Crippen molar-refractivity contribution in [2.75, 3.05) is 27.2 Å². The van der Waals surface area contributed by atoms with E-state index < -0.39 is 17.8 Å². The number of nitrogens with one attached hydrogen (secondary N) is 1. The molecule has 0 aliphatic carbocycles. The fourth-order valence-electron chi connectivity index (χ4n) is 1.47. The lowest BCUT2D eigenvalue weighted by Crippen LogP contribution is -2.33. The summed E-state index contributed by atoms with van der Waals surface area (Å²) in [7, 11) is 3.80. The van der Waals surface area contributed by atoms with Crippen molar-refractivity contribution in [3.05, 3.63) is 35.6 Å². The van der Waals surface area contributed by atoms with Gasteiger partial charge >= 0.3 is 5.97 Å². The van der Waals surface area contributed by atoms with Gasteiger partial charge in [0.2, 0.25) is 0 Å². The fourth-order valence-corrected chi connectivity index (χ4v) is 1.47. The molecular formula is C12H17FN2O2. The van der Waals surface area contributed by atoms with Gasteiger partial charge in [0, 0.05) is 13.1 Å². The SMILES string of the molecule is CN(C)CCNC(C(=O)O)c1cccc(F)c1.